The van der Waals surface area contributed by atoms with Gasteiger partial charge in [-0.15, -0.1) is 10.2 Å². The number of methoxy groups -OCH3 is 1. The largest absolute Gasteiger partial charge is 0.491 e. The van der Waals surface area contributed by atoms with Gasteiger partial charge >= 0.3 is 0 Å². The van der Waals surface area contributed by atoms with Gasteiger partial charge in [0.25, 0.3) is 5.91 Å². The fourth-order valence-corrected chi connectivity index (χ4v) is 3.81. The van der Waals surface area contributed by atoms with E-state index in [1.807, 2.05) is 29.6 Å². The number of nitrogens with zero attached hydrogens (tertiary/aromatic N) is 3. The molecule has 1 amide bonds. The van der Waals surface area contributed by atoms with Gasteiger partial charge in [0.05, 0.1) is 12.8 Å². The summed E-state index contributed by atoms with van der Waals surface area (Å²) >= 11 is 5.02. The number of aryl methyl sites for hydroxylation is 1. The molecule has 0 saturated heterocycles. The number of thiocarbonyl (C=S) groups is 1. The third-order valence-corrected chi connectivity index (χ3v) is 5.71. The fourth-order valence-electron chi connectivity index (χ4n) is 3.60. The number of fused-ring (bicyclic) bond motifs is 1. The Kier molecular flexibility index (Phi) is 7.67. The van der Waals surface area contributed by atoms with Crippen LogP contribution in [0, 0.1) is 23.3 Å². The first-order chi connectivity index (χ1) is 17.7. The topological polar surface area (TPSA) is 81.1 Å². The van der Waals surface area contributed by atoms with Crippen LogP contribution in [0.5, 0.6) is 5.75 Å². The Morgan fingerprint density at radius 2 is 1.62 bits per heavy atom. The Morgan fingerprint density at radius 1 is 0.973 bits per heavy atom. The summed E-state index contributed by atoms with van der Waals surface area (Å²) in [6.07, 6.45) is 3.22. The number of carbonyl (C=O) groups is 1. The van der Waals surface area contributed by atoms with Crippen molar-refractivity contribution in [3.05, 3.63) is 76.9 Å². The van der Waals surface area contributed by atoms with Gasteiger partial charge in [0.2, 0.25) is 11.6 Å². The van der Waals surface area contributed by atoms with Gasteiger partial charge < -0.3 is 10.1 Å². The molecule has 0 aliphatic rings. The van der Waals surface area contributed by atoms with E-state index in [4.69, 9.17) is 12.2 Å². The van der Waals surface area contributed by atoms with E-state index in [0.717, 1.165) is 32.1 Å². The number of hydrogen-bond acceptors (Lipinski definition) is 5. The summed E-state index contributed by atoms with van der Waals surface area (Å²) in [7, 11) is 0.832. The monoisotopic (exact) mass is 531 g/mol. The molecular weight excluding hydrogens is 510 g/mol. The molecule has 0 atom stereocenters. The molecule has 192 valence electrons. The van der Waals surface area contributed by atoms with Crippen molar-refractivity contribution in [3.63, 3.8) is 0 Å². The van der Waals surface area contributed by atoms with Crippen molar-refractivity contribution in [1.29, 1.82) is 0 Å². The van der Waals surface area contributed by atoms with Gasteiger partial charge in [0.1, 0.15) is 16.6 Å². The van der Waals surface area contributed by atoms with E-state index >= 15 is 0 Å². The molecule has 0 fully saturated rings. The molecule has 0 aliphatic carbocycles. The van der Waals surface area contributed by atoms with E-state index in [2.05, 4.69) is 27.2 Å². The van der Waals surface area contributed by atoms with Gasteiger partial charge in [0, 0.05) is 5.69 Å². The Hall–Kier alpha value is -4.06. The minimum absolute atomic E-state index is 0.366. The normalized spacial score (nSPS) is 11.0. The van der Waals surface area contributed by atoms with Crippen LogP contribution in [0.1, 0.15) is 35.7 Å². The molecule has 37 heavy (non-hydrogen) atoms. The average Bonchev–Trinajstić information content (AvgIpc) is 3.30. The standard InChI is InChI=1S/C25H21F4N5O2S/c1-3-4-5-13-6-9-15(10-7-13)34-32-16-11-8-14(12-17(16)33-34)30-25(37)31-24(35)18-19(26)21(28)23(36-2)22(29)20(18)27/h6-12H,3-5H2,1-2H3,(H2,30,31,35,37). The van der Waals surface area contributed by atoms with Crippen LogP contribution in [0.3, 0.4) is 0 Å². The number of rotatable bonds is 7. The van der Waals surface area contributed by atoms with Crippen molar-refractivity contribution in [2.45, 2.75) is 26.2 Å². The van der Waals surface area contributed by atoms with Crippen LogP contribution in [0.2, 0.25) is 0 Å². The second kappa shape index (κ2) is 10.9. The Bertz CT molecular complexity index is 1460. The summed E-state index contributed by atoms with van der Waals surface area (Å²) in [5, 5.41) is 13.2. The molecule has 2 N–H and O–H groups in total. The molecule has 7 nitrogen and oxygen atoms in total. The third-order valence-electron chi connectivity index (χ3n) is 5.51. The van der Waals surface area contributed by atoms with Crippen LogP contribution in [-0.4, -0.2) is 33.1 Å². The molecular formula is C25H21F4N5O2S. The number of amides is 1. The SMILES string of the molecule is CCCCc1ccc(-n2nc3ccc(NC(=S)NC(=O)c4c(F)c(F)c(OC)c(F)c4F)cc3n2)cc1. The highest BCUT2D eigenvalue weighted by Gasteiger charge is 2.30. The van der Waals surface area contributed by atoms with Crippen molar-refractivity contribution in [1.82, 2.24) is 20.3 Å². The van der Waals surface area contributed by atoms with Crippen LogP contribution in [-0.2, 0) is 6.42 Å². The zero-order valence-corrected chi connectivity index (χ0v) is 20.6. The van der Waals surface area contributed by atoms with Crippen LogP contribution < -0.4 is 15.4 Å². The zero-order chi connectivity index (χ0) is 26.7. The number of halogens is 4. The maximum atomic E-state index is 14.2. The van der Waals surface area contributed by atoms with Gasteiger partial charge in [-0.2, -0.15) is 13.6 Å². The minimum Gasteiger partial charge on any atom is -0.491 e. The van der Waals surface area contributed by atoms with Crippen molar-refractivity contribution in [2.24, 2.45) is 0 Å². The fraction of sp³-hybridized carbons (Fsp3) is 0.200. The molecule has 0 aliphatic heterocycles. The summed E-state index contributed by atoms with van der Waals surface area (Å²) in [5.41, 5.74) is 2.00. The highest BCUT2D eigenvalue weighted by molar-refractivity contribution is 7.80. The average molecular weight is 532 g/mol. The Morgan fingerprint density at radius 3 is 2.24 bits per heavy atom. The lowest BCUT2D eigenvalue weighted by Crippen LogP contribution is -2.35. The van der Waals surface area contributed by atoms with Gasteiger partial charge in [-0.25, -0.2) is 8.78 Å². The molecule has 0 unspecified atom stereocenters. The molecule has 0 radical (unpaired) electrons. The molecule has 0 spiro atoms. The molecule has 0 bridgehead atoms. The van der Waals surface area contributed by atoms with Crippen molar-refractivity contribution in [3.8, 4) is 11.4 Å². The molecule has 3 aromatic carbocycles. The first kappa shape index (κ1) is 26.0. The number of ether oxygens (including phenoxy) is 1. The maximum Gasteiger partial charge on any atom is 0.263 e. The number of nitrogens with one attached hydrogen (secondary N) is 2. The van der Waals surface area contributed by atoms with Gasteiger partial charge in [-0.3, -0.25) is 10.1 Å². The Labute approximate surface area is 214 Å². The number of unbranched alkanes of at least 4 members (excludes halogenated alkanes) is 1. The Balaban J connectivity index is 1.48. The lowest BCUT2D eigenvalue weighted by atomic mass is 10.1. The van der Waals surface area contributed by atoms with Crippen LogP contribution in [0.25, 0.3) is 16.7 Å². The summed E-state index contributed by atoms with van der Waals surface area (Å²) in [6.45, 7) is 2.14. The molecule has 4 aromatic rings. The van der Waals surface area contributed by atoms with E-state index in [-0.39, 0.29) is 5.11 Å². The minimum atomic E-state index is -1.91. The van der Waals surface area contributed by atoms with Gasteiger partial charge in [0.15, 0.2) is 22.5 Å². The lowest BCUT2D eigenvalue weighted by molar-refractivity contribution is 0.0966. The number of anilines is 1. The molecule has 4 rings (SSSR count). The summed E-state index contributed by atoms with van der Waals surface area (Å²) < 4.78 is 60.6. The predicted octanol–water partition coefficient (Wildman–Crippen LogP) is 5.45. The van der Waals surface area contributed by atoms with E-state index < -0.39 is 40.5 Å². The highest BCUT2D eigenvalue weighted by atomic mass is 32.1. The lowest BCUT2D eigenvalue weighted by Gasteiger charge is -2.12. The summed E-state index contributed by atoms with van der Waals surface area (Å²) in [6, 6.07) is 12.8. The zero-order valence-electron chi connectivity index (χ0n) is 19.7. The van der Waals surface area contributed by atoms with Gasteiger partial charge in [-0.05, 0) is 61.0 Å². The highest BCUT2D eigenvalue weighted by Crippen LogP contribution is 2.29. The predicted molar refractivity (Wildman–Crippen MR) is 134 cm³/mol. The molecule has 0 saturated carbocycles. The van der Waals surface area contributed by atoms with E-state index in [1.165, 1.54) is 10.4 Å². The maximum absolute atomic E-state index is 14.2. The molecule has 1 heterocycles. The summed E-state index contributed by atoms with van der Waals surface area (Å²) in [5.74, 6) is -10.3. The van der Waals surface area contributed by atoms with E-state index in [1.54, 1.807) is 18.2 Å². The number of carbonyl (C=O) groups excluding carboxylic acids is 1. The first-order valence-electron chi connectivity index (χ1n) is 11.2. The van der Waals surface area contributed by atoms with Gasteiger partial charge in [-0.1, -0.05) is 25.5 Å². The summed E-state index contributed by atoms with van der Waals surface area (Å²) in [4.78, 5) is 13.8. The first-order valence-corrected chi connectivity index (χ1v) is 11.6. The molecule has 12 heteroatoms. The number of benzene rings is 3. The van der Waals surface area contributed by atoms with E-state index in [0.29, 0.717) is 16.7 Å². The van der Waals surface area contributed by atoms with Crippen molar-refractivity contribution in [2.75, 3.05) is 12.4 Å². The quantitative estimate of drug-likeness (QED) is 0.187. The van der Waals surface area contributed by atoms with Crippen LogP contribution >= 0.6 is 12.2 Å². The number of hydrogen-bond donors (Lipinski definition) is 2. The van der Waals surface area contributed by atoms with Crippen LogP contribution in [0.4, 0.5) is 23.2 Å². The smallest absolute Gasteiger partial charge is 0.263 e. The van der Waals surface area contributed by atoms with E-state index in [9.17, 15) is 22.4 Å². The van der Waals surface area contributed by atoms with Crippen LogP contribution in [0.15, 0.2) is 42.5 Å². The van der Waals surface area contributed by atoms with Crippen molar-refractivity contribution < 1.29 is 27.1 Å². The third kappa shape index (κ3) is 5.38. The molecule has 1 aromatic heterocycles. The second-order valence-electron chi connectivity index (χ2n) is 8.04. The van der Waals surface area contributed by atoms with Crippen molar-refractivity contribution >= 4 is 40.0 Å². The number of aromatic nitrogens is 3. The second-order valence-corrected chi connectivity index (χ2v) is 8.44.